The summed E-state index contributed by atoms with van der Waals surface area (Å²) in [4.78, 5) is 11.9. The zero-order chi connectivity index (χ0) is 11.8. The van der Waals surface area contributed by atoms with Crippen LogP contribution in [0.5, 0.6) is 5.75 Å². The molecule has 0 heterocycles. The molecular weight excluding hydrogens is 212 g/mol. The van der Waals surface area contributed by atoms with E-state index in [2.05, 4.69) is 12.1 Å². The summed E-state index contributed by atoms with van der Waals surface area (Å²) >= 11 is 0. The van der Waals surface area contributed by atoms with Gasteiger partial charge in [0.25, 0.3) is 0 Å². The van der Waals surface area contributed by atoms with E-state index in [9.17, 15) is 4.79 Å². The Morgan fingerprint density at radius 1 is 1.18 bits per heavy atom. The lowest BCUT2D eigenvalue weighted by Crippen LogP contribution is -2.31. The van der Waals surface area contributed by atoms with Gasteiger partial charge >= 0.3 is 0 Å². The van der Waals surface area contributed by atoms with Gasteiger partial charge in [0, 0.05) is 12.3 Å². The highest BCUT2D eigenvalue weighted by Gasteiger charge is 2.36. The summed E-state index contributed by atoms with van der Waals surface area (Å²) in [6.07, 6.45) is 5.09. The number of carbonyl (C=O) groups is 1. The molecule has 2 aliphatic carbocycles. The van der Waals surface area contributed by atoms with Gasteiger partial charge < -0.3 is 4.74 Å². The normalized spacial score (nSPS) is 27.2. The van der Waals surface area contributed by atoms with Crippen LogP contribution in [0, 0.1) is 5.92 Å². The summed E-state index contributed by atoms with van der Waals surface area (Å²) in [5.41, 5.74) is 2.79. The fourth-order valence-corrected chi connectivity index (χ4v) is 3.44. The first-order valence-electron chi connectivity index (χ1n) is 6.49. The third-order valence-electron chi connectivity index (χ3n) is 4.31. The van der Waals surface area contributed by atoms with Crippen molar-refractivity contribution in [2.45, 2.75) is 38.0 Å². The van der Waals surface area contributed by atoms with Gasteiger partial charge in [0.15, 0.2) is 0 Å². The van der Waals surface area contributed by atoms with Gasteiger partial charge in [-0.3, -0.25) is 4.79 Å². The lowest BCUT2D eigenvalue weighted by molar-refractivity contribution is -0.125. The number of ketones is 1. The second-order valence-corrected chi connectivity index (χ2v) is 5.17. The van der Waals surface area contributed by atoms with Crippen LogP contribution in [0.3, 0.4) is 0 Å². The molecule has 0 saturated heterocycles. The van der Waals surface area contributed by atoms with E-state index in [4.69, 9.17) is 4.74 Å². The highest BCUT2D eigenvalue weighted by atomic mass is 16.5. The summed E-state index contributed by atoms with van der Waals surface area (Å²) < 4.78 is 5.27. The van der Waals surface area contributed by atoms with Crippen LogP contribution in [-0.4, -0.2) is 12.9 Å². The van der Waals surface area contributed by atoms with Gasteiger partial charge in [-0.2, -0.15) is 0 Å². The molecule has 90 valence electrons. The molecule has 1 aromatic rings. The Hall–Kier alpha value is -1.31. The summed E-state index contributed by atoms with van der Waals surface area (Å²) in [6.45, 7) is 0. The Labute approximate surface area is 102 Å². The van der Waals surface area contributed by atoms with Crippen molar-refractivity contribution >= 4 is 5.78 Å². The molecule has 0 aliphatic heterocycles. The third kappa shape index (κ3) is 1.76. The zero-order valence-corrected chi connectivity index (χ0v) is 10.2. The summed E-state index contributed by atoms with van der Waals surface area (Å²) in [6, 6.07) is 6.34. The first-order valence-corrected chi connectivity index (χ1v) is 6.49. The highest BCUT2D eigenvalue weighted by molar-refractivity contribution is 5.83. The highest BCUT2D eigenvalue weighted by Crippen LogP contribution is 2.44. The van der Waals surface area contributed by atoms with Crippen LogP contribution in [0.2, 0.25) is 0 Å². The van der Waals surface area contributed by atoms with Gasteiger partial charge in [-0.05, 0) is 54.9 Å². The SMILES string of the molecule is COc1ccc2c(c1)CCC1C(=O)CCCC21. The zero-order valence-electron chi connectivity index (χ0n) is 10.2. The average Bonchev–Trinajstić information content (AvgIpc) is 2.38. The first kappa shape index (κ1) is 10.8. The molecule has 2 unspecified atom stereocenters. The Kier molecular flexibility index (Phi) is 2.65. The van der Waals surface area contributed by atoms with Crippen molar-refractivity contribution in [3.8, 4) is 5.75 Å². The number of benzene rings is 1. The lowest BCUT2D eigenvalue weighted by atomic mass is 9.67. The monoisotopic (exact) mass is 230 g/mol. The van der Waals surface area contributed by atoms with Gasteiger partial charge in [0.2, 0.25) is 0 Å². The van der Waals surface area contributed by atoms with Crippen LogP contribution in [0.25, 0.3) is 0 Å². The predicted molar refractivity (Wildman–Crippen MR) is 66.4 cm³/mol. The molecule has 2 atom stereocenters. The van der Waals surface area contributed by atoms with E-state index in [1.807, 2.05) is 6.07 Å². The lowest BCUT2D eigenvalue weighted by Gasteiger charge is -2.36. The van der Waals surface area contributed by atoms with Gasteiger partial charge in [0.1, 0.15) is 11.5 Å². The second kappa shape index (κ2) is 4.17. The molecule has 0 bridgehead atoms. The Balaban J connectivity index is 1.98. The fraction of sp³-hybridized carbons (Fsp3) is 0.533. The molecule has 1 saturated carbocycles. The largest absolute Gasteiger partial charge is 0.497 e. The Bertz CT molecular complexity index is 450. The number of hydrogen-bond acceptors (Lipinski definition) is 2. The van der Waals surface area contributed by atoms with E-state index in [0.717, 1.165) is 31.4 Å². The molecule has 0 spiro atoms. The van der Waals surface area contributed by atoms with Gasteiger partial charge in [-0.15, -0.1) is 0 Å². The van der Waals surface area contributed by atoms with Crippen molar-refractivity contribution in [3.63, 3.8) is 0 Å². The van der Waals surface area contributed by atoms with Crippen LogP contribution in [0.1, 0.15) is 42.7 Å². The predicted octanol–water partition coefficient (Wildman–Crippen LogP) is 3.09. The summed E-state index contributed by atoms with van der Waals surface area (Å²) in [5.74, 6) is 2.20. The number of fused-ring (bicyclic) bond motifs is 3. The van der Waals surface area contributed by atoms with Gasteiger partial charge in [-0.1, -0.05) is 6.07 Å². The standard InChI is InChI=1S/C15H18O2/c1-17-11-6-8-12-10(9-11)5-7-14-13(12)3-2-4-15(14)16/h6,8-9,13-14H,2-5,7H2,1H3. The van der Waals surface area contributed by atoms with Crippen LogP contribution < -0.4 is 4.74 Å². The minimum absolute atomic E-state index is 0.296. The molecule has 2 nitrogen and oxygen atoms in total. The maximum absolute atomic E-state index is 11.9. The maximum atomic E-state index is 11.9. The fourth-order valence-electron chi connectivity index (χ4n) is 3.44. The molecule has 1 aromatic carbocycles. The number of aryl methyl sites for hydroxylation is 1. The van der Waals surface area contributed by atoms with Crippen LogP contribution in [0.4, 0.5) is 0 Å². The summed E-state index contributed by atoms with van der Waals surface area (Å²) in [5, 5.41) is 0. The van der Waals surface area contributed by atoms with Crippen molar-refractivity contribution in [2.24, 2.45) is 5.92 Å². The van der Waals surface area contributed by atoms with Crippen molar-refractivity contribution < 1.29 is 9.53 Å². The average molecular weight is 230 g/mol. The van der Waals surface area contributed by atoms with Gasteiger partial charge in [0.05, 0.1) is 7.11 Å². The molecule has 1 fully saturated rings. The van der Waals surface area contributed by atoms with Crippen molar-refractivity contribution in [2.75, 3.05) is 7.11 Å². The third-order valence-corrected chi connectivity index (χ3v) is 4.31. The van der Waals surface area contributed by atoms with Crippen LogP contribution in [0.15, 0.2) is 18.2 Å². The van der Waals surface area contributed by atoms with Crippen molar-refractivity contribution in [1.82, 2.24) is 0 Å². The maximum Gasteiger partial charge on any atom is 0.136 e. The van der Waals surface area contributed by atoms with E-state index >= 15 is 0 Å². The first-order chi connectivity index (χ1) is 8.29. The minimum Gasteiger partial charge on any atom is -0.497 e. The molecule has 2 aliphatic rings. The molecule has 0 N–H and O–H groups in total. The number of methoxy groups -OCH3 is 1. The number of ether oxygens (including phenoxy) is 1. The van der Waals surface area contributed by atoms with Crippen molar-refractivity contribution in [3.05, 3.63) is 29.3 Å². The van der Waals surface area contributed by atoms with E-state index in [1.165, 1.54) is 17.5 Å². The van der Waals surface area contributed by atoms with Gasteiger partial charge in [-0.25, -0.2) is 0 Å². The van der Waals surface area contributed by atoms with Crippen LogP contribution in [-0.2, 0) is 11.2 Å². The summed E-state index contributed by atoms with van der Waals surface area (Å²) in [7, 11) is 1.71. The molecule has 3 rings (SSSR count). The van der Waals surface area contributed by atoms with E-state index < -0.39 is 0 Å². The smallest absolute Gasteiger partial charge is 0.136 e. The number of carbonyl (C=O) groups excluding carboxylic acids is 1. The molecule has 17 heavy (non-hydrogen) atoms. The number of hydrogen-bond donors (Lipinski definition) is 0. The Morgan fingerprint density at radius 3 is 2.88 bits per heavy atom. The van der Waals surface area contributed by atoms with E-state index in [0.29, 0.717) is 17.6 Å². The molecule has 0 aromatic heterocycles. The Morgan fingerprint density at radius 2 is 2.06 bits per heavy atom. The van der Waals surface area contributed by atoms with Crippen LogP contribution >= 0.6 is 0 Å². The second-order valence-electron chi connectivity index (χ2n) is 5.17. The topological polar surface area (TPSA) is 26.3 Å². The minimum atomic E-state index is 0.296. The molecule has 0 radical (unpaired) electrons. The number of rotatable bonds is 1. The number of Topliss-reactive ketones (excluding diaryl/α,β-unsaturated/α-hetero) is 1. The van der Waals surface area contributed by atoms with E-state index in [-0.39, 0.29) is 0 Å². The quantitative estimate of drug-likeness (QED) is 0.741. The van der Waals surface area contributed by atoms with E-state index in [1.54, 1.807) is 7.11 Å². The molecular formula is C15H18O2. The molecule has 0 amide bonds. The van der Waals surface area contributed by atoms with Crippen molar-refractivity contribution in [1.29, 1.82) is 0 Å². The molecule has 2 heteroatoms.